The van der Waals surface area contributed by atoms with Crippen LogP contribution in [0.15, 0.2) is 21.8 Å². The number of nitrogens with zero attached hydrogens (tertiary/aromatic N) is 2. The van der Waals surface area contributed by atoms with E-state index in [1.165, 1.54) is 0 Å². The highest BCUT2D eigenvalue weighted by molar-refractivity contribution is 6.56. The molecule has 1 N–H and O–H groups in total. The van der Waals surface area contributed by atoms with E-state index in [2.05, 4.69) is 5.32 Å². The number of rotatable bonds is 4. The summed E-state index contributed by atoms with van der Waals surface area (Å²) >= 11 is 11.8. The van der Waals surface area contributed by atoms with Crippen LogP contribution in [0.2, 0.25) is 0 Å². The molecule has 0 spiro atoms. The zero-order valence-electron chi connectivity index (χ0n) is 11.6. The van der Waals surface area contributed by atoms with Crippen molar-refractivity contribution in [1.29, 1.82) is 0 Å². The molecule has 0 aromatic rings. The summed E-state index contributed by atoms with van der Waals surface area (Å²) in [6, 6.07) is 0.0509. The lowest BCUT2D eigenvalue weighted by atomic mass is 10.2. The Bertz CT molecular complexity index is 471. The van der Waals surface area contributed by atoms with Crippen LogP contribution in [0.4, 0.5) is 0 Å². The van der Waals surface area contributed by atoms with Crippen molar-refractivity contribution < 1.29 is 14.4 Å². The van der Waals surface area contributed by atoms with E-state index in [1.807, 2.05) is 6.92 Å². The Morgan fingerprint density at radius 2 is 2.14 bits per heavy atom. The van der Waals surface area contributed by atoms with Gasteiger partial charge in [-0.3, -0.25) is 10.1 Å². The highest BCUT2D eigenvalue weighted by Crippen LogP contribution is 2.29. The van der Waals surface area contributed by atoms with Gasteiger partial charge in [0.2, 0.25) is 0 Å². The maximum Gasteiger partial charge on any atom is 0.354 e. The standard InChI is InChI=1S/C12H17Cl2N3O4/c1-2-8-7-21-12(15-8)10(17(18)19)9(11(13)14)16-3-5-20-6-4-16/h8,15H,2-7H2,1H3/b12-10-/t8-/m1/s1. The second-order valence-electron chi connectivity index (χ2n) is 4.70. The van der Waals surface area contributed by atoms with Gasteiger partial charge in [0.25, 0.3) is 5.88 Å². The molecule has 1 atom stereocenters. The summed E-state index contributed by atoms with van der Waals surface area (Å²) in [6.07, 6.45) is 0.805. The first-order valence-corrected chi connectivity index (χ1v) is 7.46. The Labute approximate surface area is 132 Å². The predicted molar refractivity (Wildman–Crippen MR) is 78.3 cm³/mol. The van der Waals surface area contributed by atoms with Gasteiger partial charge in [-0.25, -0.2) is 0 Å². The lowest BCUT2D eigenvalue weighted by Crippen LogP contribution is -2.38. The van der Waals surface area contributed by atoms with Crippen molar-refractivity contribution in [3.05, 3.63) is 31.9 Å². The monoisotopic (exact) mass is 337 g/mol. The molecule has 0 aromatic carbocycles. The highest BCUT2D eigenvalue weighted by atomic mass is 35.5. The minimum Gasteiger partial charge on any atom is -0.472 e. The molecule has 0 amide bonds. The maximum atomic E-state index is 11.5. The molecule has 0 radical (unpaired) electrons. The van der Waals surface area contributed by atoms with Crippen LogP contribution in [0.5, 0.6) is 0 Å². The van der Waals surface area contributed by atoms with E-state index < -0.39 is 4.92 Å². The van der Waals surface area contributed by atoms with Crippen LogP contribution in [-0.2, 0) is 9.47 Å². The zero-order chi connectivity index (χ0) is 15.4. The molecule has 7 nitrogen and oxygen atoms in total. The van der Waals surface area contributed by atoms with Crippen molar-refractivity contribution in [1.82, 2.24) is 10.2 Å². The Balaban J connectivity index is 2.37. The molecule has 0 aliphatic carbocycles. The van der Waals surface area contributed by atoms with Gasteiger partial charge in [-0.15, -0.1) is 0 Å². The number of ether oxygens (including phenoxy) is 2. The average molecular weight is 338 g/mol. The fourth-order valence-corrected chi connectivity index (χ4v) is 2.65. The summed E-state index contributed by atoms with van der Waals surface area (Å²) in [6.45, 7) is 4.27. The van der Waals surface area contributed by atoms with Crippen molar-refractivity contribution >= 4 is 23.2 Å². The largest absolute Gasteiger partial charge is 0.472 e. The quantitative estimate of drug-likeness (QED) is 0.622. The summed E-state index contributed by atoms with van der Waals surface area (Å²) < 4.78 is 10.5. The van der Waals surface area contributed by atoms with Crippen LogP contribution in [0, 0.1) is 10.1 Å². The van der Waals surface area contributed by atoms with Crippen molar-refractivity contribution in [3.8, 4) is 0 Å². The molecule has 0 aromatic heterocycles. The van der Waals surface area contributed by atoms with Crippen LogP contribution in [0.3, 0.4) is 0 Å². The SMILES string of the molecule is CC[C@@H]1CO/C(=C(/C(=C(Cl)Cl)N2CCOCC2)[N+](=O)[O-])N1. The van der Waals surface area contributed by atoms with Gasteiger partial charge in [-0.05, 0) is 6.42 Å². The first-order chi connectivity index (χ1) is 10.0. The molecule has 2 aliphatic rings. The van der Waals surface area contributed by atoms with Crippen LogP contribution in [0.25, 0.3) is 0 Å². The van der Waals surface area contributed by atoms with Gasteiger partial charge in [-0.2, -0.15) is 0 Å². The van der Waals surface area contributed by atoms with E-state index in [0.29, 0.717) is 32.9 Å². The molecular weight excluding hydrogens is 321 g/mol. The summed E-state index contributed by atoms with van der Waals surface area (Å²) in [5.74, 6) is 0.118. The number of hydrogen-bond acceptors (Lipinski definition) is 6. The minimum absolute atomic E-state index is 0.0509. The van der Waals surface area contributed by atoms with E-state index in [-0.39, 0.29) is 27.8 Å². The Hall–Kier alpha value is -1.18. The van der Waals surface area contributed by atoms with Crippen molar-refractivity contribution in [2.24, 2.45) is 0 Å². The van der Waals surface area contributed by atoms with E-state index in [0.717, 1.165) is 6.42 Å². The Morgan fingerprint density at radius 3 is 2.62 bits per heavy atom. The number of halogens is 2. The van der Waals surface area contributed by atoms with Crippen LogP contribution >= 0.6 is 23.2 Å². The molecule has 2 heterocycles. The second-order valence-corrected chi connectivity index (χ2v) is 5.65. The lowest BCUT2D eigenvalue weighted by Gasteiger charge is -2.29. The number of nitrogens with one attached hydrogen (secondary N) is 1. The molecule has 118 valence electrons. The third kappa shape index (κ3) is 3.72. The molecule has 2 saturated heterocycles. The molecule has 0 bridgehead atoms. The summed E-state index contributed by atoms with van der Waals surface area (Å²) in [4.78, 5) is 12.7. The Kier molecular flexibility index (Phi) is 5.55. The van der Waals surface area contributed by atoms with Gasteiger partial charge in [0, 0.05) is 13.1 Å². The van der Waals surface area contributed by atoms with Crippen LogP contribution in [0.1, 0.15) is 13.3 Å². The highest BCUT2D eigenvalue weighted by Gasteiger charge is 2.36. The normalized spacial score (nSPS) is 24.1. The molecule has 2 fully saturated rings. The van der Waals surface area contributed by atoms with E-state index in [9.17, 15) is 10.1 Å². The molecule has 0 unspecified atom stereocenters. The van der Waals surface area contributed by atoms with Gasteiger partial charge < -0.3 is 19.7 Å². The predicted octanol–water partition coefficient (Wildman–Crippen LogP) is 1.81. The van der Waals surface area contributed by atoms with Gasteiger partial charge in [0.1, 0.15) is 11.1 Å². The molecule has 2 aliphatic heterocycles. The number of nitro groups is 1. The first-order valence-electron chi connectivity index (χ1n) is 6.71. The Morgan fingerprint density at radius 1 is 1.48 bits per heavy atom. The van der Waals surface area contributed by atoms with Gasteiger partial charge in [0.05, 0.1) is 24.2 Å². The average Bonchev–Trinajstić information content (AvgIpc) is 2.93. The summed E-state index contributed by atoms with van der Waals surface area (Å²) in [5, 5.41) is 14.5. The maximum absolute atomic E-state index is 11.5. The second kappa shape index (κ2) is 7.20. The molecular formula is C12H17Cl2N3O4. The van der Waals surface area contributed by atoms with Crippen molar-refractivity contribution in [2.75, 3.05) is 32.9 Å². The zero-order valence-corrected chi connectivity index (χ0v) is 13.1. The lowest BCUT2D eigenvalue weighted by molar-refractivity contribution is -0.426. The first kappa shape index (κ1) is 16.2. The smallest absolute Gasteiger partial charge is 0.354 e. The fraction of sp³-hybridized carbons (Fsp3) is 0.667. The molecule has 2 rings (SSSR count). The minimum atomic E-state index is -0.518. The van der Waals surface area contributed by atoms with Crippen molar-refractivity contribution in [2.45, 2.75) is 19.4 Å². The number of hydrogen-bond donors (Lipinski definition) is 1. The number of morpholine rings is 1. The van der Waals surface area contributed by atoms with E-state index in [1.54, 1.807) is 4.90 Å². The molecule has 21 heavy (non-hydrogen) atoms. The van der Waals surface area contributed by atoms with Gasteiger partial charge in [-0.1, -0.05) is 30.1 Å². The van der Waals surface area contributed by atoms with Gasteiger partial charge >= 0.3 is 5.70 Å². The van der Waals surface area contributed by atoms with E-state index in [4.69, 9.17) is 32.7 Å². The van der Waals surface area contributed by atoms with Crippen LogP contribution < -0.4 is 5.32 Å². The summed E-state index contributed by atoms with van der Waals surface area (Å²) in [7, 11) is 0. The third-order valence-corrected chi connectivity index (χ3v) is 3.74. The fourth-order valence-electron chi connectivity index (χ4n) is 2.23. The van der Waals surface area contributed by atoms with Crippen molar-refractivity contribution in [3.63, 3.8) is 0 Å². The van der Waals surface area contributed by atoms with E-state index >= 15 is 0 Å². The summed E-state index contributed by atoms with van der Waals surface area (Å²) in [5.41, 5.74) is -0.0567. The van der Waals surface area contributed by atoms with Crippen LogP contribution in [-0.4, -0.2) is 48.8 Å². The topological polar surface area (TPSA) is 76.9 Å². The molecule has 0 saturated carbocycles. The van der Waals surface area contributed by atoms with Gasteiger partial charge in [0.15, 0.2) is 5.70 Å². The molecule has 9 heteroatoms. The third-order valence-electron chi connectivity index (χ3n) is 3.39.